The number of methoxy groups -OCH3 is 1. The zero-order valence-corrected chi connectivity index (χ0v) is 18.1. The fourth-order valence-electron chi connectivity index (χ4n) is 2.85. The largest absolute Gasteiger partial charge is 0.497 e. The van der Waals surface area contributed by atoms with Crippen molar-refractivity contribution in [1.82, 2.24) is 10.6 Å². The van der Waals surface area contributed by atoms with Crippen molar-refractivity contribution in [2.75, 3.05) is 32.2 Å². The number of nitrogens with one attached hydrogen (secondary N) is 3. The van der Waals surface area contributed by atoms with E-state index in [1.54, 1.807) is 55.6 Å². The van der Waals surface area contributed by atoms with Crippen LogP contribution in [0.25, 0.3) is 0 Å². The maximum absolute atomic E-state index is 12.8. The van der Waals surface area contributed by atoms with Gasteiger partial charge in [-0.1, -0.05) is 12.1 Å². The fraction of sp³-hybridized carbons (Fsp3) is 0.348. The van der Waals surface area contributed by atoms with Crippen molar-refractivity contribution in [1.29, 1.82) is 0 Å². The molecule has 3 N–H and O–H groups in total. The Labute approximate surface area is 182 Å². The van der Waals surface area contributed by atoms with Gasteiger partial charge in [-0.05, 0) is 55.3 Å². The molecule has 31 heavy (non-hydrogen) atoms. The Kier molecular flexibility index (Phi) is 9.51. The van der Waals surface area contributed by atoms with Crippen molar-refractivity contribution in [3.05, 3.63) is 59.7 Å². The summed E-state index contributed by atoms with van der Waals surface area (Å²) in [4.78, 5) is 36.8. The van der Waals surface area contributed by atoms with Crippen LogP contribution in [0.2, 0.25) is 0 Å². The van der Waals surface area contributed by atoms with Crippen LogP contribution in [0, 0.1) is 0 Å². The summed E-state index contributed by atoms with van der Waals surface area (Å²) < 4.78 is 10.4. The summed E-state index contributed by atoms with van der Waals surface area (Å²) in [5, 5.41) is 8.28. The zero-order chi connectivity index (χ0) is 22.6. The van der Waals surface area contributed by atoms with Crippen LogP contribution in [-0.2, 0) is 14.3 Å². The second-order valence-corrected chi connectivity index (χ2v) is 6.78. The summed E-state index contributed by atoms with van der Waals surface area (Å²) in [5.41, 5.74) is 1.59. The van der Waals surface area contributed by atoms with Gasteiger partial charge in [-0.3, -0.25) is 14.4 Å². The Morgan fingerprint density at radius 2 is 1.68 bits per heavy atom. The van der Waals surface area contributed by atoms with Gasteiger partial charge in [0.1, 0.15) is 11.8 Å². The number of benzene rings is 2. The quantitative estimate of drug-likeness (QED) is 0.478. The maximum atomic E-state index is 12.8. The molecule has 8 heteroatoms. The first-order chi connectivity index (χ1) is 14.9. The number of hydrogen-bond acceptors (Lipinski definition) is 5. The molecule has 0 aliphatic carbocycles. The minimum Gasteiger partial charge on any atom is -0.497 e. The van der Waals surface area contributed by atoms with Gasteiger partial charge < -0.3 is 25.4 Å². The van der Waals surface area contributed by atoms with Crippen LogP contribution in [0.4, 0.5) is 5.69 Å². The fourth-order valence-corrected chi connectivity index (χ4v) is 2.85. The Morgan fingerprint density at radius 3 is 2.26 bits per heavy atom. The van der Waals surface area contributed by atoms with E-state index in [0.29, 0.717) is 48.7 Å². The summed E-state index contributed by atoms with van der Waals surface area (Å²) in [6.07, 6.45) is 0.674. The predicted octanol–water partition coefficient (Wildman–Crippen LogP) is 2.67. The van der Waals surface area contributed by atoms with Crippen LogP contribution >= 0.6 is 0 Å². The first kappa shape index (κ1) is 23.9. The summed E-state index contributed by atoms with van der Waals surface area (Å²) in [6.45, 7) is 4.94. The highest BCUT2D eigenvalue weighted by atomic mass is 16.5. The molecule has 2 aromatic carbocycles. The molecular weight excluding hydrogens is 398 g/mol. The van der Waals surface area contributed by atoms with Gasteiger partial charge in [-0.15, -0.1) is 0 Å². The molecule has 0 radical (unpaired) electrons. The summed E-state index contributed by atoms with van der Waals surface area (Å²) in [7, 11) is 1.56. The van der Waals surface area contributed by atoms with E-state index in [1.807, 2.05) is 6.92 Å². The van der Waals surface area contributed by atoms with E-state index < -0.39 is 11.9 Å². The summed E-state index contributed by atoms with van der Waals surface area (Å²) in [6, 6.07) is 12.5. The predicted molar refractivity (Wildman–Crippen MR) is 118 cm³/mol. The van der Waals surface area contributed by atoms with Crippen molar-refractivity contribution >= 4 is 23.4 Å². The normalized spacial score (nSPS) is 11.3. The number of carbonyl (C=O) groups excluding carboxylic acids is 3. The first-order valence-electron chi connectivity index (χ1n) is 10.1. The van der Waals surface area contributed by atoms with Gasteiger partial charge in [0.05, 0.1) is 7.11 Å². The Balaban J connectivity index is 2.12. The molecule has 0 heterocycles. The van der Waals surface area contributed by atoms with Crippen LogP contribution in [0.1, 0.15) is 42.2 Å². The highest BCUT2D eigenvalue weighted by Gasteiger charge is 2.23. The van der Waals surface area contributed by atoms with E-state index in [2.05, 4.69) is 16.0 Å². The average Bonchev–Trinajstić information content (AvgIpc) is 2.77. The van der Waals surface area contributed by atoms with Crippen molar-refractivity contribution in [3.8, 4) is 5.75 Å². The van der Waals surface area contributed by atoms with E-state index in [1.165, 1.54) is 6.92 Å². The molecule has 2 aromatic rings. The smallest absolute Gasteiger partial charge is 0.252 e. The lowest BCUT2D eigenvalue weighted by Crippen LogP contribution is -2.40. The molecule has 2 rings (SSSR count). The van der Waals surface area contributed by atoms with Crippen molar-refractivity contribution in [3.63, 3.8) is 0 Å². The lowest BCUT2D eigenvalue weighted by atomic mass is 10.0. The average molecular weight is 428 g/mol. The number of hydrogen-bond donors (Lipinski definition) is 3. The van der Waals surface area contributed by atoms with Crippen LogP contribution in [-0.4, -0.2) is 44.6 Å². The molecule has 1 atom stereocenters. The molecular formula is C23H29N3O5. The van der Waals surface area contributed by atoms with E-state index >= 15 is 0 Å². The summed E-state index contributed by atoms with van der Waals surface area (Å²) >= 11 is 0. The van der Waals surface area contributed by atoms with Gasteiger partial charge in [-0.25, -0.2) is 0 Å². The Hall–Kier alpha value is -3.39. The second-order valence-electron chi connectivity index (χ2n) is 6.78. The molecule has 0 spiro atoms. The van der Waals surface area contributed by atoms with Crippen LogP contribution < -0.4 is 20.7 Å². The minimum atomic E-state index is -0.875. The molecule has 0 bridgehead atoms. The van der Waals surface area contributed by atoms with E-state index in [4.69, 9.17) is 9.47 Å². The standard InChI is InChI=1S/C23H29N3O5/c1-4-31-15-5-14-24-23(29)21(17-8-12-20(30-3)13-9-17)26-22(28)18-6-10-19(11-7-18)25-16(2)27/h6-13,21H,4-5,14-15H2,1-3H3,(H,24,29)(H,25,27)(H,26,28)/t21-/m1/s1. The third kappa shape index (κ3) is 7.75. The lowest BCUT2D eigenvalue weighted by molar-refractivity contribution is -0.123. The Morgan fingerprint density at radius 1 is 1.00 bits per heavy atom. The number of anilines is 1. The molecule has 0 aliphatic rings. The minimum absolute atomic E-state index is 0.197. The third-order valence-electron chi connectivity index (χ3n) is 4.42. The van der Waals surface area contributed by atoms with Crippen molar-refractivity contribution in [2.24, 2.45) is 0 Å². The number of amides is 3. The molecule has 8 nitrogen and oxygen atoms in total. The highest BCUT2D eigenvalue weighted by Crippen LogP contribution is 2.19. The van der Waals surface area contributed by atoms with Crippen molar-refractivity contribution < 1.29 is 23.9 Å². The molecule has 166 valence electrons. The topological polar surface area (TPSA) is 106 Å². The SMILES string of the molecule is CCOCCCNC(=O)[C@H](NC(=O)c1ccc(NC(C)=O)cc1)c1ccc(OC)cc1. The van der Waals surface area contributed by atoms with Gasteiger partial charge in [0, 0.05) is 37.9 Å². The number of carbonyl (C=O) groups is 3. The Bertz CT molecular complexity index is 866. The third-order valence-corrected chi connectivity index (χ3v) is 4.42. The number of ether oxygens (including phenoxy) is 2. The van der Waals surface area contributed by atoms with Gasteiger partial charge in [0.15, 0.2) is 0 Å². The number of rotatable bonds is 11. The molecule has 0 aromatic heterocycles. The molecule has 0 fully saturated rings. The van der Waals surface area contributed by atoms with Crippen LogP contribution in [0.5, 0.6) is 5.75 Å². The monoisotopic (exact) mass is 427 g/mol. The van der Waals surface area contributed by atoms with Gasteiger partial charge in [0.2, 0.25) is 11.8 Å². The second kappa shape index (κ2) is 12.3. The van der Waals surface area contributed by atoms with E-state index in [9.17, 15) is 14.4 Å². The van der Waals surface area contributed by atoms with Gasteiger partial charge >= 0.3 is 0 Å². The van der Waals surface area contributed by atoms with Gasteiger partial charge in [-0.2, -0.15) is 0 Å². The van der Waals surface area contributed by atoms with Crippen LogP contribution in [0.3, 0.4) is 0 Å². The van der Waals surface area contributed by atoms with Crippen molar-refractivity contribution in [2.45, 2.75) is 26.3 Å². The zero-order valence-electron chi connectivity index (χ0n) is 18.1. The van der Waals surface area contributed by atoms with Crippen LogP contribution in [0.15, 0.2) is 48.5 Å². The maximum Gasteiger partial charge on any atom is 0.252 e. The highest BCUT2D eigenvalue weighted by molar-refractivity contribution is 5.98. The molecule has 0 unspecified atom stereocenters. The summed E-state index contributed by atoms with van der Waals surface area (Å²) in [5.74, 6) is -0.262. The molecule has 0 aliphatic heterocycles. The van der Waals surface area contributed by atoms with Gasteiger partial charge in [0.25, 0.3) is 5.91 Å². The molecule has 3 amide bonds. The van der Waals surface area contributed by atoms with E-state index in [0.717, 1.165) is 0 Å². The van der Waals surface area contributed by atoms with E-state index in [-0.39, 0.29) is 11.8 Å². The first-order valence-corrected chi connectivity index (χ1v) is 10.1. The lowest BCUT2D eigenvalue weighted by Gasteiger charge is -2.19. The molecule has 0 saturated heterocycles. The molecule has 0 saturated carbocycles.